The van der Waals surface area contributed by atoms with Gasteiger partial charge in [-0.25, -0.2) is 9.37 Å². The molecule has 2 rings (SSSR count). The quantitative estimate of drug-likeness (QED) is 0.881. The summed E-state index contributed by atoms with van der Waals surface area (Å²) >= 11 is 1.62. The molecule has 102 valence electrons. The van der Waals surface area contributed by atoms with Gasteiger partial charge in [-0.15, -0.1) is 11.3 Å². The molecule has 1 heterocycles. The van der Waals surface area contributed by atoms with E-state index in [-0.39, 0.29) is 5.82 Å². The van der Waals surface area contributed by atoms with E-state index in [2.05, 4.69) is 17.2 Å². The Bertz CT molecular complexity index is 542. The molecule has 2 aromatic rings. The molecule has 0 aliphatic heterocycles. The molecule has 1 N–H and O–H groups in total. The summed E-state index contributed by atoms with van der Waals surface area (Å²) in [4.78, 5) is 4.47. The fourth-order valence-electron chi connectivity index (χ4n) is 1.65. The van der Waals surface area contributed by atoms with Crippen LogP contribution in [0.5, 0.6) is 5.75 Å². The van der Waals surface area contributed by atoms with Gasteiger partial charge in [0, 0.05) is 11.9 Å². The van der Waals surface area contributed by atoms with E-state index in [4.69, 9.17) is 4.74 Å². The Morgan fingerprint density at radius 1 is 1.42 bits per heavy atom. The number of aryl methyl sites for hydroxylation is 1. The molecule has 0 atom stereocenters. The molecule has 0 spiro atoms. The summed E-state index contributed by atoms with van der Waals surface area (Å²) in [5.74, 6) is 0.453. The molecule has 1 aromatic heterocycles. The average molecular weight is 280 g/mol. The lowest BCUT2D eigenvalue weighted by Crippen LogP contribution is -2.11. The second kappa shape index (κ2) is 6.63. The van der Waals surface area contributed by atoms with Gasteiger partial charge in [-0.1, -0.05) is 6.92 Å². The van der Waals surface area contributed by atoms with Crippen LogP contribution in [-0.2, 0) is 13.2 Å². The lowest BCUT2D eigenvalue weighted by molar-refractivity contribution is 0.299. The molecule has 0 fully saturated rings. The molecule has 1 aromatic carbocycles. The van der Waals surface area contributed by atoms with E-state index >= 15 is 0 Å². The van der Waals surface area contributed by atoms with Crippen molar-refractivity contribution in [2.45, 2.75) is 27.0 Å². The van der Waals surface area contributed by atoms with Gasteiger partial charge < -0.3 is 10.1 Å². The van der Waals surface area contributed by atoms with Crippen molar-refractivity contribution in [3.8, 4) is 5.75 Å². The zero-order chi connectivity index (χ0) is 13.7. The van der Waals surface area contributed by atoms with Crippen molar-refractivity contribution in [2.75, 3.05) is 6.54 Å². The molecule has 0 bridgehead atoms. The predicted octanol–water partition coefficient (Wildman–Crippen LogP) is 3.28. The SMILES string of the molecule is CCNCc1nc(COc2ccc(F)cc2C)cs1. The molecule has 3 nitrogen and oxygen atoms in total. The highest BCUT2D eigenvalue weighted by atomic mass is 32.1. The number of rotatable bonds is 6. The minimum atomic E-state index is -0.244. The number of hydrogen-bond acceptors (Lipinski definition) is 4. The Morgan fingerprint density at radius 3 is 3.00 bits per heavy atom. The van der Waals surface area contributed by atoms with Crippen LogP contribution in [0.3, 0.4) is 0 Å². The number of nitrogens with one attached hydrogen (secondary N) is 1. The van der Waals surface area contributed by atoms with E-state index in [0.717, 1.165) is 29.4 Å². The Labute approximate surface area is 116 Å². The molecule has 0 unspecified atom stereocenters. The largest absolute Gasteiger partial charge is 0.487 e. The first-order valence-electron chi connectivity index (χ1n) is 6.22. The highest BCUT2D eigenvalue weighted by Gasteiger charge is 2.05. The first kappa shape index (κ1) is 14.0. The highest BCUT2D eigenvalue weighted by molar-refractivity contribution is 7.09. The topological polar surface area (TPSA) is 34.2 Å². The summed E-state index contributed by atoms with van der Waals surface area (Å²) in [6, 6.07) is 4.52. The number of benzene rings is 1. The van der Waals surface area contributed by atoms with Crippen molar-refractivity contribution in [3.05, 3.63) is 45.7 Å². The Hall–Kier alpha value is -1.46. The zero-order valence-corrected chi connectivity index (χ0v) is 11.9. The van der Waals surface area contributed by atoms with Gasteiger partial charge in [-0.2, -0.15) is 0 Å². The van der Waals surface area contributed by atoms with Crippen LogP contribution in [0.2, 0.25) is 0 Å². The summed E-state index contributed by atoms with van der Waals surface area (Å²) in [6.45, 7) is 6.02. The molecule has 0 aliphatic rings. The number of ether oxygens (including phenoxy) is 1. The van der Waals surface area contributed by atoms with Gasteiger partial charge in [0.25, 0.3) is 0 Å². The van der Waals surface area contributed by atoms with E-state index < -0.39 is 0 Å². The maximum atomic E-state index is 13.0. The van der Waals surface area contributed by atoms with Crippen molar-refractivity contribution in [2.24, 2.45) is 0 Å². The fourth-order valence-corrected chi connectivity index (χ4v) is 2.40. The fraction of sp³-hybridized carbons (Fsp3) is 0.357. The highest BCUT2D eigenvalue weighted by Crippen LogP contribution is 2.20. The number of hydrogen-bond donors (Lipinski definition) is 1. The first-order chi connectivity index (χ1) is 9.19. The molecule has 0 aliphatic carbocycles. The third-order valence-corrected chi connectivity index (χ3v) is 3.54. The van der Waals surface area contributed by atoms with Crippen molar-refractivity contribution in [3.63, 3.8) is 0 Å². The molecule has 0 amide bonds. The third kappa shape index (κ3) is 4.01. The number of halogens is 1. The van der Waals surface area contributed by atoms with Gasteiger partial charge in [-0.05, 0) is 37.2 Å². The third-order valence-electron chi connectivity index (χ3n) is 2.64. The summed E-state index contributed by atoms with van der Waals surface area (Å²) < 4.78 is 18.6. The molecule has 19 heavy (non-hydrogen) atoms. The molecule has 0 saturated carbocycles. The van der Waals surface area contributed by atoms with Crippen LogP contribution in [0, 0.1) is 12.7 Å². The number of aromatic nitrogens is 1. The van der Waals surface area contributed by atoms with Crippen LogP contribution in [0.25, 0.3) is 0 Å². The molecular formula is C14H17FN2OS. The summed E-state index contributed by atoms with van der Waals surface area (Å²) in [5.41, 5.74) is 1.70. The van der Waals surface area contributed by atoms with Gasteiger partial charge in [-0.3, -0.25) is 0 Å². The second-order valence-corrected chi connectivity index (χ2v) is 5.15. The van der Waals surface area contributed by atoms with E-state index in [1.54, 1.807) is 17.4 Å². The van der Waals surface area contributed by atoms with E-state index in [9.17, 15) is 4.39 Å². The Balaban J connectivity index is 1.92. The van der Waals surface area contributed by atoms with Crippen LogP contribution >= 0.6 is 11.3 Å². The van der Waals surface area contributed by atoms with E-state index in [0.29, 0.717) is 12.4 Å². The van der Waals surface area contributed by atoms with E-state index in [1.165, 1.54) is 12.1 Å². The van der Waals surface area contributed by atoms with Crippen LogP contribution in [-0.4, -0.2) is 11.5 Å². The predicted molar refractivity (Wildman–Crippen MR) is 75.0 cm³/mol. The average Bonchev–Trinajstić information content (AvgIpc) is 2.83. The summed E-state index contributed by atoms with van der Waals surface area (Å²) in [5, 5.41) is 6.28. The van der Waals surface area contributed by atoms with Crippen LogP contribution in [0.4, 0.5) is 4.39 Å². The number of thiazole rings is 1. The van der Waals surface area contributed by atoms with Crippen LogP contribution in [0.1, 0.15) is 23.2 Å². The lowest BCUT2D eigenvalue weighted by Gasteiger charge is -2.07. The van der Waals surface area contributed by atoms with Gasteiger partial charge in [0.05, 0.1) is 5.69 Å². The zero-order valence-electron chi connectivity index (χ0n) is 11.1. The molecule has 0 saturated heterocycles. The van der Waals surface area contributed by atoms with Gasteiger partial charge in [0.1, 0.15) is 23.2 Å². The normalized spacial score (nSPS) is 10.7. The molecular weight excluding hydrogens is 263 g/mol. The van der Waals surface area contributed by atoms with Crippen molar-refractivity contribution >= 4 is 11.3 Å². The Morgan fingerprint density at radius 2 is 2.26 bits per heavy atom. The monoisotopic (exact) mass is 280 g/mol. The van der Waals surface area contributed by atoms with Gasteiger partial charge in [0.15, 0.2) is 0 Å². The van der Waals surface area contributed by atoms with Gasteiger partial charge in [0.2, 0.25) is 0 Å². The minimum Gasteiger partial charge on any atom is -0.487 e. The molecule has 5 heteroatoms. The number of nitrogens with zero attached hydrogens (tertiary/aromatic N) is 1. The van der Waals surface area contributed by atoms with Crippen LogP contribution < -0.4 is 10.1 Å². The second-order valence-electron chi connectivity index (χ2n) is 4.21. The first-order valence-corrected chi connectivity index (χ1v) is 7.10. The standard InChI is InChI=1S/C14H17FN2OS/c1-3-16-7-14-17-12(9-19-14)8-18-13-5-4-11(15)6-10(13)2/h4-6,9,16H,3,7-8H2,1-2H3. The Kier molecular flexibility index (Phi) is 4.87. The lowest BCUT2D eigenvalue weighted by atomic mass is 10.2. The van der Waals surface area contributed by atoms with Crippen molar-refractivity contribution in [1.82, 2.24) is 10.3 Å². The summed E-state index contributed by atoms with van der Waals surface area (Å²) in [7, 11) is 0. The van der Waals surface area contributed by atoms with Crippen molar-refractivity contribution in [1.29, 1.82) is 0 Å². The maximum Gasteiger partial charge on any atom is 0.131 e. The summed E-state index contributed by atoms with van der Waals surface area (Å²) in [6.07, 6.45) is 0. The minimum absolute atomic E-state index is 0.244. The van der Waals surface area contributed by atoms with Gasteiger partial charge >= 0.3 is 0 Å². The molecule has 0 radical (unpaired) electrons. The van der Waals surface area contributed by atoms with Crippen molar-refractivity contribution < 1.29 is 9.13 Å². The maximum absolute atomic E-state index is 13.0. The van der Waals surface area contributed by atoms with E-state index in [1.807, 2.05) is 12.3 Å². The smallest absolute Gasteiger partial charge is 0.131 e. The van der Waals surface area contributed by atoms with Crippen LogP contribution in [0.15, 0.2) is 23.6 Å².